The second-order valence-electron chi connectivity index (χ2n) is 5.68. The molecular formula is C22H14ClNO2S. The molecule has 3 aromatic rings. The molecule has 0 atom stereocenters. The lowest BCUT2D eigenvalue weighted by Gasteiger charge is -2.04. The number of carboxylic acids is 1. The van der Waals surface area contributed by atoms with Crippen LogP contribution in [0.5, 0.6) is 0 Å². The third-order valence-electron chi connectivity index (χ3n) is 3.80. The standard InChI is InChI=1S/C22H14ClNO2S/c23-19-7-11-21(12-8-19)27-20-9-1-15(2-10-20)13-18(14-24)16-3-5-17(6-4-16)22(25)26/h1-13H,(H,25,26). The minimum Gasteiger partial charge on any atom is -0.478 e. The first-order chi connectivity index (χ1) is 13.0. The topological polar surface area (TPSA) is 61.1 Å². The molecule has 3 rings (SSSR count). The number of nitrogens with zero attached hydrogens (tertiary/aromatic N) is 1. The van der Waals surface area contributed by atoms with Crippen molar-refractivity contribution in [2.45, 2.75) is 9.79 Å². The summed E-state index contributed by atoms with van der Waals surface area (Å²) in [5.41, 5.74) is 2.25. The molecule has 5 heteroatoms. The van der Waals surface area contributed by atoms with Gasteiger partial charge in [0.25, 0.3) is 0 Å². The van der Waals surface area contributed by atoms with Crippen LogP contribution in [0.3, 0.4) is 0 Å². The molecule has 0 fully saturated rings. The Hall–Kier alpha value is -3.00. The van der Waals surface area contributed by atoms with E-state index in [-0.39, 0.29) is 5.56 Å². The van der Waals surface area contributed by atoms with Crippen LogP contribution in [0, 0.1) is 11.3 Å². The van der Waals surface area contributed by atoms with Crippen LogP contribution in [0.1, 0.15) is 21.5 Å². The summed E-state index contributed by atoms with van der Waals surface area (Å²) in [6, 6.07) is 24.0. The van der Waals surface area contributed by atoms with Gasteiger partial charge in [-0.15, -0.1) is 0 Å². The van der Waals surface area contributed by atoms with Crippen molar-refractivity contribution in [3.63, 3.8) is 0 Å². The van der Waals surface area contributed by atoms with E-state index < -0.39 is 5.97 Å². The Kier molecular flexibility index (Phi) is 5.97. The van der Waals surface area contributed by atoms with Gasteiger partial charge in [-0.05, 0) is 65.7 Å². The lowest BCUT2D eigenvalue weighted by Crippen LogP contribution is -1.95. The summed E-state index contributed by atoms with van der Waals surface area (Å²) < 4.78 is 0. The summed E-state index contributed by atoms with van der Waals surface area (Å²) in [4.78, 5) is 13.1. The summed E-state index contributed by atoms with van der Waals surface area (Å²) >= 11 is 7.53. The number of aromatic carboxylic acids is 1. The molecule has 0 aromatic heterocycles. The van der Waals surface area contributed by atoms with Gasteiger partial charge in [0.1, 0.15) is 0 Å². The quantitative estimate of drug-likeness (QED) is 0.412. The Labute approximate surface area is 166 Å². The van der Waals surface area contributed by atoms with E-state index in [0.29, 0.717) is 16.2 Å². The normalized spacial score (nSPS) is 11.0. The van der Waals surface area contributed by atoms with Crippen molar-refractivity contribution in [2.24, 2.45) is 0 Å². The number of benzene rings is 3. The molecule has 0 radical (unpaired) electrons. The van der Waals surface area contributed by atoms with Gasteiger partial charge in [-0.1, -0.05) is 47.6 Å². The van der Waals surface area contributed by atoms with E-state index in [1.165, 1.54) is 12.1 Å². The molecule has 0 bridgehead atoms. The lowest BCUT2D eigenvalue weighted by atomic mass is 10.0. The summed E-state index contributed by atoms with van der Waals surface area (Å²) in [7, 11) is 0. The average Bonchev–Trinajstić information content (AvgIpc) is 2.69. The molecule has 132 valence electrons. The van der Waals surface area contributed by atoms with Crippen molar-refractivity contribution in [3.05, 3.63) is 94.5 Å². The molecule has 0 aliphatic rings. The van der Waals surface area contributed by atoms with Gasteiger partial charge in [0, 0.05) is 14.8 Å². The average molecular weight is 392 g/mol. The first-order valence-electron chi connectivity index (χ1n) is 8.04. The minimum atomic E-state index is -0.988. The predicted molar refractivity (Wildman–Crippen MR) is 109 cm³/mol. The van der Waals surface area contributed by atoms with E-state index in [4.69, 9.17) is 16.7 Å². The highest BCUT2D eigenvalue weighted by Crippen LogP contribution is 2.29. The molecule has 1 N–H and O–H groups in total. The van der Waals surface area contributed by atoms with Crippen LogP contribution in [0.4, 0.5) is 0 Å². The number of carboxylic acid groups (broad SMARTS) is 1. The van der Waals surface area contributed by atoms with Crippen LogP contribution in [0.25, 0.3) is 11.6 Å². The lowest BCUT2D eigenvalue weighted by molar-refractivity contribution is 0.0697. The Morgan fingerprint density at radius 1 is 0.889 bits per heavy atom. The van der Waals surface area contributed by atoms with Crippen molar-refractivity contribution in [1.82, 2.24) is 0 Å². The third kappa shape index (κ3) is 5.01. The number of hydrogen-bond acceptors (Lipinski definition) is 3. The van der Waals surface area contributed by atoms with Crippen LogP contribution in [-0.4, -0.2) is 11.1 Å². The Morgan fingerprint density at radius 2 is 1.41 bits per heavy atom. The van der Waals surface area contributed by atoms with E-state index in [0.717, 1.165) is 15.4 Å². The van der Waals surface area contributed by atoms with E-state index in [1.807, 2.05) is 48.5 Å². The number of hydrogen-bond donors (Lipinski definition) is 1. The summed E-state index contributed by atoms with van der Waals surface area (Å²) in [6.07, 6.45) is 1.78. The molecule has 0 aliphatic carbocycles. The molecular weight excluding hydrogens is 378 g/mol. The SMILES string of the molecule is N#CC(=Cc1ccc(Sc2ccc(Cl)cc2)cc1)c1ccc(C(=O)O)cc1. The predicted octanol–water partition coefficient (Wildman–Crippen LogP) is 6.25. The van der Waals surface area contributed by atoms with Crippen molar-refractivity contribution in [1.29, 1.82) is 5.26 Å². The fraction of sp³-hybridized carbons (Fsp3) is 0. The summed E-state index contributed by atoms with van der Waals surface area (Å²) in [6.45, 7) is 0. The Morgan fingerprint density at radius 3 is 1.93 bits per heavy atom. The highest BCUT2D eigenvalue weighted by Gasteiger charge is 2.05. The molecule has 0 aliphatic heterocycles. The zero-order valence-corrected chi connectivity index (χ0v) is 15.7. The molecule has 0 amide bonds. The Bertz CT molecular complexity index is 1020. The fourth-order valence-electron chi connectivity index (χ4n) is 2.41. The molecule has 3 nitrogen and oxygen atoms in total. The minimum absolute atomic E-state index is 0.194. The third-order valence-corrected chi connectivity index (χ3v) is 5.07. The number of allylic oxidation sites excluding steroid dienone is 1. The highest BCUT2D eigenvalue weighted by atomic mass is 35.5. The van der Waals surface area contributed by atoms with Gasteiger partial charge in [-0.25, -0.2) is 4.79 Å². The van der Waals surface area contributed by atoms with Crippen molar-refractivity contribution in [2.75, 3.05) is 0 Å². The smallest absolute Gasteiger partial charge is 0.335 e. The number of nitriles is 1. The molecule has 3 aromatic carbocycles. The fourth-order valence-corrected chi connectivity index (χ4v) is 3.35. The van der Waals surface area contributed by atoms with Crippen LogP contribution < -0.4 is 0 Å². The summed E-state index contributed by atoms with van der Waals surface area (Å²) in [5, 5.41) is 19.1. The first kappa shape index (κ1) is 18.8. The number of halogens is 1. The van der Waals surface area contributed by atoms with Crippen LogP contribution in [0.2, 0.25) is 5.02 Å². The molecule has 27 heavy (non-hydrogen) atoms. The summed E-state index contributed by atoms with van der Waals surface area (Å²) in [5.74, 6) is -0.988. The van der Waals surface area contributed by atoms with E-state index >= 15 is 0 Å². The molecule has 0 spiro atoms. The zero-order valence-electron chi connectivity index (χ0n) is 14.1. The largest absolute Gasteiger partial charge is 0.478 e. The molecule has 0 saturated heterocycles. The maximum Gasteiger partial charge on any atom is 0.335 e. The molecule has 0 heterocycles. The zero-order chi connectivity index (χ0) is 19.2. The number of rotatable bonds is 5. The number of carbonyl (C=O) groups is 1. The molecule has 0 unspecified atom stereocenters. The van der Waals surface area contributed by atoms with Crippen molar-refractivity contribution in [3.8, 4) is 6.07 Å². The monoisotopic (exact) mass is 391 g/mol. The molecule has 0 saturated carbocycles. The van der Waals surface area contributed by atoms with Gasteiger partial charge in [-0.2, -0.15) is 5.26 Å². The van der Waals surface area contributed by atoms with Crippen LogP contribution >= 0.6 is 23.4 Å². The van der Waals surface area contributed by atoms with Crippen LogP contribution in [0.15, 0.2) is 82.6 Å². The van der Waals surface area contributed by atoms with Gasteiger partial charge < -0.3 is 5.11 Å². The van der Waals surface area contributed by atoms with Gasteiger partial charge >= 0.3 is 5.97 Å². The van der Waals surface area contributed by atoms with Gasteiger partial charge in [-0.3, -0.25) is 0 Å². The van der Waals surface area contributed by atoms with Gasteiger partial charge in [0.05, 0.1) is 17.2 Å². The van der Waals surface area contributed by atoms with Gasteiger partial charge in [0.2, 0.25) is 0 Å². The van der Waals surface area contributed by atoms with Crippen molar-refractivity contribution < 1.29 is 9.90 Å². The second-order valence-corrected chi connectivity index (χ2v) is 7.26. The van der Waals surface area contributed by atoms with E-state index in [9.17, 15) is 10.1 Å². The Balaban J connectivity index is 1.77. The van der Waals surface area contributed by atoms with E-state index in [1.54, 1.807) is 30.0 Å². The maximum atomic E-state index is 10.9. The highest BCUT2D eigenvalue weighted by molar-refractivity contribution is 7.99. The van der Waals surface area contributed by atoms with Crippen molar-refractivity contribution >= 4 is 41.0 Å². The second kappa shape index (κ2) is 8.59. The van der Waals surface area contributed by atoms with Crippen LogP contribution in [-0.2, 0) is 0 Å². The van der Waals surface area contributed by atoms with Gasteiger partial charge in [0.15, 0.2) is 0 Å². The maximum absolute atomic E-state index is 10.9. The first-order valence-corrected chi connectivity index (χ1v) is 9.23. The van der Waals surface area contributed by atoms with E-state index in [2.05, 4.69) is 6.07 Å².